The molecule has 1 N–H and O–H groups in total. The molecule has 7 heteroatoms. The molecule has 0 saturated heterocycles. The Morgan fingerprint density at radius 3 is 2.00 bits per heavy atom. The van der Waals surface area contributed by atoms with Gasteiger partial charge in [-0.3, -0.25) is 4.55 Å². The van der Waals surface area contributed by atoms with E-state index in [-0.39, 0.29) is 5.56 Å². The van der Waals surface area contributed by atoms with Gasteiger partial charge in [0.1, 0.15) is 4.90 Å². The Bertz CT molecular complexity index is 722. The molecule has 106 valence electrons. The molecule has 0 spiro atoms. The first-order chi connectivity index (χ1) is 9.19. The van der Waals surface area contributed by atoms with E-state index in [1.54, 1.807) is 30.3 Å². The molecule has 0 amide bonds. The van der Waals surface area contributed by atoms with Gasteiger partial charge in [0.25, 0.3) is 10.1 Å². The van der Waals surface area contributed by atoms with Gasteiger partial charge in [-0.1, -0.05) is 36.4 Å². The van der Waals surface area contributed by atoms with Crippen molar-refractivity contribution in [2.24, 2.45) is 0 Å². The average molecular weight is 302 g/mol. The summed E-state index contributed by atoms with van der Waals surface area (Å²) in [6, 6.07) is 10.9. The Hall–Kier alpha value is -1.86. The van der Waals surface area contributed by atoms with Gasteiger partial charge in [0.05, 0.1) is 5.56 Å². The lowest BCUT2D eigenvalue weighted by molar-refractivity contribution is -0.139. The quantitative estimate of drug-likeness (QED) is 0.862. The van der Waals surface area contributed by atoms with Crippen molar-refractivity contribution in [1.82, 2.24) is 0 Å². The molecule has 0 radical (unpaired) electrons. The fraction of sp³-hybridized carbons (Fsp3) is 0.0769. The predicted octanol–water partition coefficient (Wildman–Crippen LogP) is 3.62. The summed E-state index contributed by atoms with van der Waals surface area (Å²) < 4.78 is 69.6. The van der Waals surface area contributed by atoms with Crippen molar-refractivity contribution in [2.45, 2.75) is 11.1 Å². The molecule has 0 aliphatic carbocycles. The minimum atomic E-state index is -4.94. The van der Waals surface area contributed by atoms with Crippen LogP contribution in [0.4, 0.5) is 13.2 Å². The van der Waals surface area contributed by atoms with E-state index < -0.39 is 26.8 Å². The average Bonchev–Trinajstić information content (AvgIpc) is 2.37. The summed E-state index contributed by atoms with van der Waals surface area (Å²) in [5.74, 6) is 0. The number of hydrogen-bond donors (Lipinski definition) is 1. The second-order valence-corrected chi connectivity index (χ2v) is 5.44. The van der Waals surface area contributed by atoms with Gasteiger partial charge >= 0.3 is 6.18 Å². The zero-order valence-electron chi connectivity index (χ0n) is 9.92. The highest BCUT2D eigenvalue weighted by Crippen LogP contribution is 2.36. The van der Waals surface area contributed by atoms with Crippen molar-refractivity contribution in [2.75, 3.05) is 0 Å². The molecule has 0 aromatic heterocycles. The molecule has 0 aliphatic rings. The molecule has 0 atom stereocenters. The zero-order valence-corrected chi connectivity index (χ0v) is 10.7. The first kappa shape index (κ1) is 14.5. The molecule has 2 rings (SSSR count). The SMILES string of the molecule is O=S(=O)(O)c1ccc(-c2ccccc2)cc1C(F)(F)F. The molecule has 2 aromatic rings. The van der Waals surface area contributed by atoms with Crippen LogP contribution in [-0.2, 0) is 16.3 Å². The Balaban J connectivity index is 2.68. The minimum absolute atomic E-state index is 0.213. The van der Waals surface area contributed by atoms with Crippen LogP contribution in [0.1, 0.15) is 5.56 Å². The molecule has 0 bridgehead atoms. The Morgan fingerprint density at radius 2 is 1.50 bits per heavy atom. The van der Waals surface area contributed by atoms with Crippen LogP contribution in [0.15, 0.2) is 53.4 Å². The molecule has 20 heavy (non-hydrogen) atoms. The van der Waals surface area contributed by atoms with Crippen LogP contribution in [0.25, 0.3) is 11.1 Å². The van der Waals surface area contributed by atoms with Crippen LogP contribution in [0.2, 0.25) is 0 Å². The van der Waals surface area contributed by atoms with E-state index in [9.17, 15) is 21.6 Å². The maximum atomic E-state index is 12.9. The molecule has 0 saturated carbocycles. The fourth-order valence-corrected chi connectivity index (χ4v) is 2.48. The maximum absolute atomic E-state index is 12.9. The Kier molecular flexibility index (Phi) is 3.58. The van der Waals surface area contributed by atoms with Crippen molar-refractivity contribution in [3.05, 3.63) is 54.1 Å². The highest BCUT2D eigenvalue weighted by atomic mass is 32.2. The van der Waals surface area contributed by atoms with E-state index in [0.717, 1.165) is 6.07 Å². The van der Waals surface area contributed by atoms with E-state index in [1.165, 1.54) is 6.07 Å². The van der Waals surface area contributed by atoms with E-state index in [0.29, 0.717) is 11.6 Å². The normalized spacial score (nSPS) is 12.4. The smallest absolute Gasteiger partial charge is 0.282 e. The van der Waals surface area contributed by atoms with E-state index in [2.05, 4.69) is 0 Å². The molecule has 2 aromatic carbocycles. The van der Waals surface area contributed by atoms with Gasteiger partial charge in [-0.05, 0) is 23.3 Å². The van der Waals surface area contributed by atoms with Crippen LogP contribution in [0.3, 0.4) is 0 Å². The highest BCUT2D eigenvalue weighted by Gasteiger charge is 2.37. The van der Waals surface area contributed by atoms with Crippen molar-refractivity contribution < 1.29 is 26.1 Å². The van der Waals surface area contributed by atoms with E-state index >= 15 is 0 Å². The first-order valence-corrected chi connectivity index (χ1v) is 6.88. The third-order valence-electron chi connectivity index (χ3n) is 2.67. The van der Waals surface area contributed by atoms with Gasteiger partial charge in [-0.25, -0.2) is 0 Å². The molecule has 0 heterocycles. The summed E-state index contributed by atoms with van der Waals surface area (Å²) in [7, 11) is -4.94. The monoisotopic (exact) mass is 302 g/mol. The van der Waals surface area contributed by atoms with Crippen LogP contribution in [-0.4, -0.2) is 13.0 Å². The fourth-order valence-electron chi connectivity index (χ4n) is 1.79. The second kappa shape index (κ2) is 4.92. The van der Waals surface area contributed by atoms with Gasteiger partial charge in [0, 0.05) is 0 Å². The standard InChI is InChI=1S/C13H9F3O3S/c14-13(15,16)11-8-10(9-4-2-1-3-5-9)6-7-12(11)20(17,18)19/h1-8H,(H,17,18,19). The van der Waals surface area contributed by atoms with Gasteiger partial charge in [0.2, 0.25) is 0 Å². The van der Waals surface area contributed by atoms with Crippen molar-refractivity contribution in [1.29, 1.82) is 0 Å². The van der Waals surface area contributed by atoms with Crippen molar-refractivity contribution in [3.8, 4) is 11.1 Å². The lowest BCUT2D eigenvalue weighted by Crippen LogP contribution is -2.12. The summed E-state index contributed by atoms with van der Waals surface area (Å²) in [6.07, 6.45) is -4.88. The largest absolute Gasteiger partial charge is 0.417 e. The lowest BCUT2D eigenvalue weighted by Gasteiger charge is -2.13. The molecular weight excluding hydrogens is 293 g/mol. The molecule has 3 nitrogen and oxygen atoms in total. The Labute approximate surface area is 113 Å². The molecule has 0 aliphatic heterocycles. The first-order valence-electron chi connectivity index (χ1n) is 5.44. The van der Waals surface area contributed by atoms with Crippen molar-refractivity contribution >= 4 is 10.1 Å². The lowest BCUT2D eigenvalue weighted by atomic mass is 10.0. The summed E-state index contributed by atoms with van der Waals surface area (Å²) >= 11 is 0. The second-order valence-electron chi connectivity index (χ2n) is 4.05. The number of alkyl halides is 3. The van der Waals surface area contributed by atoms with Gasteiger partial charge in [-0.2, -0.15) is 21.6 Å². The third-order valence-corrected chi connectivity index (χ3v) is 3.58. The Morgan fingerprint density at radius 1 is 0.900 bits per heavy atom. The van der Waals surface area contributed by atoms with Crippen LogP contribution in [0.5, 0.6) is 0 Å². The van der Waals surface area contributed by atoms with Crippen LogP contribution < -0.4 is 0 Å². The van der Waals surface area contributed by atoms with Gasteiger partial charge in [-0.15, -0.1) is 0 Å². The minimum Gasteiger partial charge on any atom is -0.282 e. The topological polar surface area (TPSA) is 54.4 Å². The summed E-state index contributed by atoms with van der Waals surface area (Å²) in [5, 5.41) is 0. The van der Waals surface area contributed by atoms with Gasteiger partial charge < -0.3 is 0 Å². The van der Waals surface area contributed by atoms with Crippen LogP contribution >= 0.6 is 0 Å². The third kappa shape index (κ3) is 3.00. The van der Waals surface area contributed by atoms with Gasteiger partial charge in [0.15, 0.2) is 0 Å². The van der Waals surface area contributed by atoms with Crippen molar-refractivity contribution in [3.63, 3.8) is 0 Å². The molecule has 0 unspecified atom stereocenters. The summed E-state index contributed by atoms with van der Waals surface area (Å²) in [5.41, 5.74) is -0.661. The number of halogens is 3. The zero-order chi connectivity index (χ0) is 15.0. The number of benzene rings is 2. The van der Waals surface area contributed by atoms with E-state index in [4.69, 9.17) is 4.55 Å². The number of rotatable bonds is 2. The summed E-state index contributed by atoms with van der Waals surface area (Å²) in [4.78, 5) is -1.15. The summed E-state index contributed by atoms with van der Waals surface area (Å²) in [6.45, 7) is 0. The van der Waals surface area contributed by atoms with E-state index in [1.807, 2.05) is 0 Å². The molecular formula is C13H9F3O3S. The maximum Gasteiger partial charge on any atom is 0.417 e. The highest BCUT2D eigenvalue weighted by molar-refractivity contribution is 7.85. The van der Waals surface area contributed by atoms with Crippen LogP contribution in [0, 0.1) is 0 Å². The molecule has 0 fully saturated rings. The number of hydrogen-bond acceptors (Lipinski definition) is 2. The predicted molar refractivity (Wildman–Crippen MR) is 66.7 cm³/mol.